The van der Waals surface area contributed by atoms with Crippen LogP contribution in [0.25, 0.3) is 0 Å². The summed E-state index contributed by atoms with van der Waals surface area (Å²) >= 11 is 6.47. The highest BCUT2D eigenvalue weighted by molar-refractivity contribution is 6.31. The zero-order chi connectivity index (χ0) is 19.8. The lowest BCUT2D eigenvalue weighted by atomic mass is 9.70. The number of esters is 2. The van der Waals surface area contributed by atoms with Gasteiger partial charge in [0.15, 0.2) is 5.72 Å². The van der Waals surface area contributed by atoms with Gasteiger partial charge in [-0.05, 0) is 31.9 Å². The minimum Gasteiger partial charge on any atom is -0.469 e. The number of hydrogen-bond acceptors (Lipinski definition) is 6. The van der Waals surface area contributed by atoms with Gasteiger partial charge in [-0.2, -0.15) is 0 Å². The van der Waals surface area contributed by atoms with Crippen molar-refractivity contribution >= 4 is 23.5 Å². The van der Waals surface area contributed by atoms with E-state index in [1.54, 1.807) is 12.1 Å². The number of fused-ring (bicyclic) bond motifs is 1. The molecule has 7 heteroatoms. The molecule has 1 fully saturated rings. The van der Waals surface area contributed by atoms with E-state index in [-0.39, 0.29) is 0 Å². The van der Waals surface area contributed by atoms with Gasteiger partial charge in [-0.1, -0.05) is 29.8 Å². The molecule has 0 unspecified atom stereocenters. The van der Waals surface area contributed by atoms with Crippen molar-refractivity contribution < 1.29 is 23.8 Å². The van der Waals surface area contributed by atoms with Crippen LogP contribution in [0.3, 0.4) is 0 Å². The van der Waals surface area contributed by atoms with Crippen LogP contribution in [0.1, 0.15) is 31.7 Å². The standard InChI is InChI=1S/C20H24ClNO5/c1-12-15(18(23)25-3)16(13-8-5-6-9-14(13)21)17(19(24)26-4)20(2)22(12)10-7-11-27-20/h5-6,8-9,16-17H,7,10-11H2,1-4H3/t16-,17-,20+/m1/s1. The van der Waals surface area contributed by atoms with Gasteiger partial charge in [0.25, 0.3) is 0 Å². The molecular formula is C20H24ClNO5. The predicted molar refractivity (Wildman–Crippen MR) is 100 cm³/mol. The Labute approximate surface area is 164 Å². The third-order valence-electron chi connectivity index (χ3n) is 5.57. The fourth-order valence-corrected chi connectivity index (χ4v) is 4.59. The quantitative estimate of drug-likeness (QED) is 0.735. The molecule has 1 aromatic rings. The monoisotopic (exact) mass is 393 g/mol. The molecule has 0 N–H and O–H groups in total. The lowest BCUT2D eigenvalue weighted by molar-refractivity contribution is -0.213. The summed E-state index contributed by atoms with van der Waals surface area (Å²) in [5.41, 5.74) is 0.860. The van der Waals surface area contributed by atoms with Crippen molar-refractivity contribution in [1.29, 1.82) is 0 Å². The van der Waals surface area contributed by atoms with E-state index in [1.165, 1.54) is 14.2 Å². The van der Waals surface area contributed by atoms with Gasteiger partial charge in [-0.25, -0.2) is 4.79 Å². The minimum absolute atomic E-state index is 0.406. The second kappa shape index (κ2) is 7.52. The number of hydrogen-bond donors (Lipinski definition) is 0. The second-order valence-corrected chi connectivity index (χ2v) is 7.31. The van der Waals surface area contributed by atoms with Crippen LogP contribution < -0.4 is 0 Å². The van der Waals surface area contributed by atoms with Crippen LogP contribution in [0.5, 0.6) is 0 Å². The maximum absolute atomic E-state index is 12.9. The first-order chi connectivity index (χ1) is 12.9. The van der Waals surface area contributed by atoms with Crippen LogP contribution >= 0.6 is 11.6 Å². The minimum atomic E-state index is -0.948. The van der Waals surface area contributed by atoms with Crippen LogP contribution in [0.4, 0.5) is 0 Å². The molecule has 0 bridgehead atoms. The number of carbonyl (C=O) groups is 2. The van der Waals surface area contributed by atoms with Gasteiger partial charge in [-0.3, -0.25) is 4.79 Å². The SMILES string of the molecule is COC(=O)C1=C(C)N2CCCO[C@@]2(C)[C@@H](C(=O)OC)[C@@H]1c1ccccc1Cl. The van der Waals surface area contributed by atoms with Crippen molar-refractivity contribution in [3.63, 3.8) is 0 Å². The number of ether oxygens (including phenoxy) is 3. The van der Waals surface area contributed by atoms with E-state index in [0.29, 0.717) is 29.3 Å². The molecule has 0 saturated carbocycles. The number of benzene rings is 1. The van der Waals surface area contributed by atoms with Crippen LogP contribution in [0.15, 0.2) is 35.5 Å². The van der Waals surface area contributed by atoms with E-state index < -0.39 is 29.5 Å². The Morgan fingerprint density at radius 1 is 1.26 bits per heavy atom. The average Bonchev–Trinajstić information content (AvgIpc) is 2.67. The predicted octanol–water partition coefficient (Wildman–Crippen LogP) is 3.11. The lowest BCUT2D eigenvalue weighted by Gasteiger charge is -2.55. The maximum Gasteiger partial charge on any atom is 0.336 e. The topological polar surface area (TPSA) is 65.1 Å². The van der Waals surface area contributed by atoms with Crippen LogP contribution in [-0.2, 0) is 23.8 Å². The number of halogens is 1. The molecule has 2 heterocycles. The number of allylic oxidation sites excluding steroid dienone is 1. The summed E-state index contributed by atoms with van der Waals surface area (Å²) in [6.45, 7) is 4.92. The summed E-state index contributed by atoms with van der Waals surface area (Å²) in [5, 5.41) is 0.471. The van der Waals surface area contributed by atoms with Crippen LogP contribution in [-0.4, -0.2) is 49.9 Å². The number of carbonyl (C=O) groups excluding carboxylic acids is 2. The summed E-state index contributed by atoms with van der Waals surface area (Å²) in [7, 11) is 2.67. The van der Waals surface area contributed by atoms with Gasteiger partial charge in [-0.15, -0.1) is 0 Å². The van der Waals surface area contributed by atoms with Gasteiger partial charge in [0, 0.05) is 23.2 Å². The molecule has 1 saturated heterocycles. The molecular weight excluding hydrogens is 370 g/mol. The average molecular weight is 394 g/mol. The molecule has 2 aliphatic heterocycles. The lowest BCUT2D eigenvalue weighted by Crippen LogP contribution is -2.63. The van der Waals surface area contributed by atoms with E-state index in [0.717, 1.165) is 12.1 Å². The third kappa shape index (κ3) is 3.11. The Morgan fingerprint density at radius 3 is 2.59 bits per heavy atom. The van der Waals surface area contributed by atoms with Crippen molar-refractivity contribution in [2.45, 2.75) is 31.9 Å². The fraction of sp³-hybridized carbons (Fsp3) is 0.500. The molecule has 27 heavy (non-hydrogen) atoms. The molecule has 0 spiro atoms. The molecule has 6 nitrogen and oxygen atoms in total. The van der Waals surface area contributed by atoms with E-state index >= 15 is 0 Å². The highest BCUT2D eigenvalue weighted by atomic mass is 35.5. The number of rotatable bonds is 3. The molecule has 0 aromatic heterocycles. The van der Waals surface area contributed by atoms with E-state index in [9.17, 15) is 9.59 Å². The normalized spacial score (nSPS) is 27.8. The number of methoxy groups -OCH3 is 2. The Kier molecular flexibility index (Phi) is 5.49. The van der Waals surface area contributed by atoms with Gasteiger partial charge < -0.3 is 19.1 Å². The molecule has 146 valence electrons. The van der Waals surface area contributed by atoms with E-state index in [2.05, 4.69) is 0 Å². The Bertz CT molecular complexity index is 792. The van der Waals surface area contributed by atoms with Crippen LogP contribution in [0.2, 0.25) is 5.02 Å². The summed E-state index contributed by atoms with van der Waals surface area (Å²) in [6.07, 6.45) is 0.798. The zero-order valence-corrected chi connectivity index (χ0v) is 16.7. The molecule has 3 rings (SSSR count). The molecule has 2 aliphatic rings. The first kappa shape index (κ1) is 19.7. The van der Waals surface area contributed by atoms with Gasteiger partial charge >= 0.3 is 11.9 Å². The van der Waals surface area contributed by atoms with Crippen molar-refractivity contribution in [3.05, 3.63) is 46.1 Å². The van der Waals surface area contributed by atoms with E-state index in [4.69, 9.17) is 25.8 Å². The van der Waals surface area contributed by atoms with Crippen molar-refractivity contribution in [2.24, 2.45) is 5.92 Å². The van der Waals surface area contributed by atoms with Gasteiger partial charge in [0.1, 0.15) is 5.92 Å². The molecule has 0 radical (unpaired) electrons. The first-order valence-electron chi connectivity index (χ1n) is 8.89. The zero-order valence-electron chi connectivity index (χ0n) is 16.0. The van der Waals surface area contributed by atoms with Crippen molar-refractivity contribution in [3.8, 4) is 0 Å². The second-order valence-electron chi connectivity index (χ2n) is 6.90. The summed E-state index contributed by atoms with van der Waals surface area (Å²) in [4.78, 5) is 27.7. The maximum atomic E-state index is 12.9. The molecule has 0 amide bonds. The third-order valence-corrected chi connectivity index (χ3v) is 5.92. The van der Waals surface area contributed by atoms with Crippen LogP contribution in [0, 0.1) is 5.92 Å². The Hall–Kier alpha value is -2.05. The highest BCUT2D eigenvalue weighted by Gasteiger charge is 2.57. The highest BCUT2D eigenvalue weighted by Crippen LogP contribution is 2.51. The van der Waals surface area contributed by atoms with E-state index in [1.807, 2.05) is 30.9 Å². The summed E-state index contributed by atoms with van der Waals surface area (Å²) in [6, 6.07) is 7.20. The Morgan fingerprint density at radius 2 is 1.96 bits per heavy atom. The molecule has 3 atom stereocenters. The smallest absolute Gasteiger partial charge is 0.336 e. The van der Waals surface area contributed by atoms with Gasteiger partial charge in [0.2, 0.25) is 0 Å². The number of nitrogens with zero attached hydrogens (tertiary/aromatic N) is 1. The fourth-order valence-electron chi connectivity index (χ4n) is 4.33. The van der Waals surface area contributed by atoms with Crippen molar-refractivity contribution in [2.75, 3.05) is 27.4 Å². The van der Waals surface area contributed by atoms with Crippen molar-refractivity contribution in [1.82, 2.24) is 4.90 Å². The Balaban J connectivity index is 2.31. The summed E-state index contributed by atoms with van der Waals surface area (Å²) in [5.74, 6) is -2.36. The first-order valence-corrected chi connectivity index (χ1v) is 9.27. The largest absolute Gasteiger partial charge is 0.469 e. The van der Waals surface area contributed by atoms with Gasteiger partial charge in [0.05, 0.1) is 26.4 Å². The molecule has 1 aromatic carbocycles. The summed E-state index contributed by atoms with van der Waals surface area (Å²) < 4.78 is 16.3. The molecule has 0 aliphatic carbocycles.